The number of hydrogen-bond acceptors (Lipinski definition) is 6. The molecule has 0 spiro atoms. The number of nitrogens with one attached hydrogen (secondary N) is 1. The van der Waals surface area contributed by atoms with Gasteiger partial charge in [-0.15, -0.1) is 10.2 Å². The van der Waals surface area contributed by atoms with Gasteiger partial charge in [0, 0.05) is 6.54 Å². The molecule has 0 saturated heterocycles. The molecule has 8 heteroatoms. The van der Waals surface area contributed by atoms with Crippen LogP contribution in [0.15, 0.2) is 59.9 Å². The summed E-state index contributed by atoms with van der Waals surface area (Å²) in [5.41, 5.74) is 3.44. The number of ether oxygens (including phenoxy) is 1. The zero-order chi connectivity index (χ0) is 18.6. The minimum Gasteiger partial charge on any atom is -0.497 e. The molecule has 0 fully saturated rings. The molecule has 136 valence electrons. The van der Waals surface area contributed by atoms with Gasteiger partial charge in [-0.1, -0.05) is 36.0 Å². The second kappa shape index (κ2) is 7.63. The van der Waals surface area contributed by atoms with E-state index < -0.39 is 0 Å². The van der Waals surface area contributed by atoms with Crippen molar-refractivity contribution < 1.29 is 9.53 Å². The molecule has 0 radical (unpaired) electrons. The topological polar surface area (TPSA) is 81.4 Å². The van der Waals surface area contributed by atoms with E-state index in [1.807, 2.05) is 52.9 Å². The second-order valence-corrected chi connectivity index (χ2v) is 6.81. The standard InChI is InChI=1S/C19H17N5O2S/c1-26-14-8-6-13(7-9-14)10-20-17(25)11-27-19-18-23-21-12-24(18)16-5-3-2-4-15(16)22-19/h2-9,12H,10-11H2,1H3,(H,20,25). The van der Waals surface area contributed by atoms with Gasteiger partial charge in [0.2, 0.25) is 5.91 Å². The molecule has 2 heterocycles. The average molecular weight is 379 g/mol. The molecular weight excluding hydrogens is 362 g/mol. The van der Waals surface area contributed by atoms with Crippen LogP contribution in [0.5, 0.6) is 5.75 Å². The first-order valence-corrected chi connectivity index (χ1v) is 9.34. The van der Waals surface area contributed by atoms with E-state index >= 15 is 0 Å². The lowest BCUT2D eigenvalue weighted by Gasteiger charge is -2.08. The van der Waals surface area contributed by atoms with Crippen molar-refractivity contribution in [2.45, 2.75) is 11.6 Å². The quantitative estimate of drug-likeness (QED) is 0.519. The molecule has 2 aromatic heterocycles. The van der Waals surface area contributed by atoms with Crippen LogP contribution in [0.25, 0.3) is 16.7 Å². The van der Waals surface area contributed by atoms with Crippen molar-refractivity contribution >= 4 is 34.3 Å². The summed E-state index contributed by atoms with van der Waals surface area (Å²) in [7, 11) is 1.63. The van der Waals surface area contributed by atoms with Gasteiger partial charge in [-0.3, -0.25) is 9.20 Å². The summed E-state index contributed by atoms with van der Waals surface area (Å²) < 4.78 is 7.02. The number of rotatable bonds is 6. The van der Waals surface area contributed by atoms with Crippen LogP contribution >= 0.6 is 11.8 Å². The van der Waals surface area contributed by atoms with Crippen LogP contribution in [0.3, 0.4) is 0 Å². The Labute approximate surface area is 159 Å². The third-order valence-corrected chi connectivity index (χ3v) is 5.04. The molecular formula is C19H17N5O2S. The third-order valence-electron chi connectivity index (χ3n) is 4.09. The normalized spacial score (nSPS) is 11.0. The summed E-state index contributed by atoms with van der Waals surface area (Å²) in [6, 6.07) is 15.4. The number of benzene rings is 2. The highest BCUT2D eigenvalue weighted by Crippen LogP contribution is 2.24. The fourth-order valence-corrected chi connectivity index (χ4v) is 3.51. The van der Waals surface area contributed by atoms with Crippen LogP contribution in [0.2, 0.25) is 0 Å². The van der Waals surface area contributed by atoms with Crippen molar-refractivity contribution in [3.05, 3.63) is 60.4 Å². The fourth-order valence-electron chi connectivity index (χ4n) is 2.70. The Kier molecular flexibility index (Phi) is 4.88. The Hall–Kier alpha value is -3.13. The SMILES string of the molecule is COc1ccc(CNC(=O)CSc2nc3ccccc3n3cnnc23)cc1. The molecule has 0 aliphatic rings. The number of methoxy groups -OCH3 is 1. The molecule has 0 atom stereocenters. The van der Waals surface area contributed by atoms with Gasteiger partial charge < -0.3 is 10.1 Å². The number of para-hydroxylation sites is 2. The van der Waals surface area contributed by atoms with Crippen molar-refractivity contribution in [3.8, 4) is 5.75 Å². The molecule has 0 saturated carbocycles. The average Bonchev–Trinajstić information content (AvgIpc) is 3.21. The molecule has 0 aliphatic carbocycles. The van der Waals surface area contributed by atoms with Gasteiger partial charge in [-0.05, 0) is 29.8 Å². The highest BCUT2D eigenvalue weighted by Gasteiger charge is 2.12. The summed E-state index contributed by atoms with van der Waals surface area (Å²) in [5, 5.41) is 11.7. The van der Waals surface area contributed by atoms with Crippen molar-refractivity contribution in [1.29, 1.82) is 0 Å². The summed E-state index contributed by atoms with van der Waals surface area (Å²) in [4.78, 5) is 16.9. The summed E-state index contributed by atoms with van der Waals surface area (Å²) in [6.45, 7) is 0.467. The van der Waals surface area contributed by atoms with Gasteiger partial charge in [0.1, 0.15) is 17.1 Å². The monoisotopic (exact) mass is 379 g/mol. The predicted molar refractivity (Wildman–Crippen MR) is 104 cm³/mol. The number of nitrogens with zero attached hydrogens (tertiary/aromatic N) is 4. The lowest BCUT2D eigenvalue weighted by molar-refractivity contribution is -0.118. The van der Waals surface area contributed by atoms with E-state index in [0.717, 1.165) is 22.3 Å². The summed E-state index contributed by atoms with van der Waals surface area (Å²) in [5.74, 6) is 0.980. The van der Waals surface area contributed by atoms with Crippen LogP contribution in [0, 0.1) is 0 Å². The minimum atomic E-state index is -0.0663. The molecule has 27 heavy (non-hydrogen) atoms. The molecule has 4 aromatic rings. The Bertz CT molecular complexity index is 1090. The predicted octanol–water partition coefficient (Wildman–Crippen LogP) is 2.69. The van der Waals surface area contributed by atoms with Crippen molar-refractivity contribution in [1.82, 2.24) is 24.9 Å². The number of amides is 1. The maximum atomic E-state index is 12.2. The van der Waals surface area contributed by atoms with Gasteiger partial charge in [0.25, 0.3) is 0 Å². The number of hydrogen-bond donors (Lipinski definition) is 1. The van der Waals surface area contributed by atoms with E-state index in [1.54, 1.807) is 13.4 Å². The van der Waals surface area contributed by atoms with E-state index in [2.05, 4.69) is 20.5 Å². The molecule has 0 bridgehead atoms. The zero-order valence-electron chi connectivity index (χ0n) is 14.6. The van der Waals surface area contributed by atoms with Gasteiger partial charge in [0.05, 0.1) is 23.9 Å². The van der Waals surface area contributed by atoms with Crippen LogP contribution in [-0.2, 0) is 11.3 Å². The third kappa shape index (κ3) is 3.70. The lowest BCUT2D eigenvalue weighted by atomic mass is 10.2. The fraction of sp³-hybridized carbons (Fsp3) is 0.158. The van der Waals surface area contributed by atoms with Crippen LogP contribution in [-0.4, -0.2) is 38.4 Å². The number of thioether (sulfide) groups is 1. The van der Waals surface area contributed by atoms with Crippen LogP contribution < -0.4 is 10.1 Å². The highest BCUT2D eigenvalue weighted by molar-refractivity contribution is 8.00. The molecule has 1 N–H and O–H groups in total. The second-order valence-electron chi connectivity index (χ2n) is 5.84. The summed E-state index contributed by atoms with van der Waals surface area (Å²) >= 11 is 1.35. The Morgan fingerprint density at radius 1 is 1.19 bits per heavy atom. The minimum absolute atomic E-state index is 0.0663. The van der Waals surface area contributed by atoms with Gasteiger partial charge in [-0.2, -0.15) is 0 Å². The molecule has 7 nitrogen and oxygen atoms in total. The van der Waals surface area contributed by atoms with E-state index in [0.29, 0.717) is 17.2 Å². The van der Waals surface area contributed by atoms with Crippen molar-refractivity contribution in [3.63, 3.8) is 0 Å². The van der Waals surface area contributed by atoms with E-state index in [-0.39, 0.29) is 11.7 Å². The maximum absolute atomic E-state index is 12.2. The largest absolute Gasteiger partial charge is 0.497 e. The molecule has 4 rings (SSSR count). The maximum Gasteiger partial charge on any atom is 0.230 e. The Balaban J connectivity index is 1.43. The van der Waals surface area contributed by atoms with Gasteiger partial charge >= 0.3 is 0 Å². The Morgan fingerprint density at radius 2 is 2.00 bits per heavy atom. The van der Waals surface area contributed by atoms with E-state index in [9.17, 15) is 4.79 Å². The molecule has 2 aromatic carbocycles. The van der Waals surface area contributed by atoms with E-state index in [1.165, 1.54) is 11.8 Å². The number of aromatic nitrogens is 4. The summed E-state index contributed by atoms with van der Waals surface area (Å²) in [6.07, 6.45) is 1.66. The van der Waals surface area contributed by atoms with Crippen LogP contribution in [0.4, 0.5) is 0 Å². The van der Waals surface area contributed by atoms with E-state index in [4.69, 9.17) is 4.74 Å². The first kappa shape index (κ1) is 17.3. The molecule has 0 unspecified atom stereocenters. The van der Waals surface area contributed by atoms with Gasteiger partial charge in [0.15, 0.2) is 5.65 Å². The van der Waals surface area contributed by atoms with Crippen molar-refractivity contribution in [2.24, 2.45) is 0 Å². The number of carbonyl (C=O) groups excluding carboxylic acids is 1. The lowest BCUT2D eigenvalue weighted by Crippen LogP contribution is -2.24. The van der Waals surface area contributed by atoms with Crippen LogP contribution in [0.1, 0.15) is 5.56 Å². The molecule has 1 amide bonds. The van der Waals surface area contributed by atoms with Crippen molar-refractivity contribution in [2.75, 3.05) is 12.9 Å². The van der Waals surface area contributed by atoms with Gasteiger partial charge in [-0.25, -0.2) is 4.98 Å². The smallest absolute Gasteiger partial charge is 0.230 e. The first-order valence-electron chi connectivity index (χ1n) is 8.35. The Morgan fingerprint density at radius 3 is 2.81 bits per heavy atom. The molecule has 0 aliphatic heterocycles. The number of fused-ring (bicyclic) bond motifs is 3. The first-order chi connectivity index (χ1) is 13.2. The highest BCUT2D eigenvalue weighted by atomic mass is 32.2. The number of carbonyl (C=O) groups is 1. The zero-order valence-corrected chi connectivity index (χ0v) is 15.4.